The van der Waals surface area contributed by atoms with Gasteiger partial charge in [-0.05, 0) is 78.2 Å². The number of hydrogen-bond donors (Lipinski definition) is 1. The number of ether oxygens (including phenoxy) is 3. The fourth-order valence-corrected chi connectivity index (χ4v) is 4.36. The van der Waals surface area contributed by atoms with E-state index in [1.54, 1.807) is 36.4 Å². The van der Waals surface area contributed by atoms with Crippen molar-refractivity contribution in [2.24, 2.45) is 0 Å². The van der Waals surface area contributed by atoms with E-state index in [1.807, 2.05) is 67.6 Å². The highest BCUT2D eigenvalue weighted by atomic mass is 79.9. The summed E-state index contributed by atoms with van der Waals surface area (Å²) < 4.78 is 19.3. The second kappa shape index (κ2) is 14.4. The SMILES string of the molecule is CCOc1cc(/C=C(\C#N)C(=O)Nc2ccc(OCc3ccccc3)cc2)c(Br)cc1OCc1ccc(Br)cc1. The number of nitrogens with zero attached hydrogens (tertiary/aromatic N) is 1. The van der Waals surface area contributed by atoms with Gasteiger partial charge in [0.1, 0.15) is 30.6 Å². The maximum Gasteiger partial charge on any atom is 0.266 e. The summed E-state index contributed by atoms with van der Waals surface area (Å²) in [6.45, 7) is 3.11. The molecular formula is C32H26Br2N2O4. The molecule has 0 saturated heterocycles. The molecule has 0 heterocycles. The van der Waals surface area contributed by atoms with E-state index in [0.29, 0.717) is 52.8 Å². The third-order valence-electron chi connectivity index (χ3n) is 5.70. The van der Waals surface area contributed by atoms with Crippen molar-refractivity contribution < 1.29 is 19.0 Å². The molecule has 0 atom stereocenters. The number of benzene rings is 4. The van der Waals surface area contributed by atoms with Crippen molar-refractivity contribution in [1.29, 1.82) is 5.26 Å². The maximum atomic E-state index is 12.9. The molecule has 4 aromatic carbocycles. The van der Waals surface area contributed by atoms with Gasteiger partial charge in [0.15, 0.2) is 11.5 Å². The van der Waals surface area contributed by atoms with E-state index >= 15 is 0 Å². The molecule has 0 fully saturated rings. The summed E-state index contributed by atoms with van der Waals surface area (Å²) in [7, 11) is 0. The Kier molecular flexibility index (Phi) is 10.4. The second-order valence-electron chi connectivity index (χ2n) is 8.59. The van der Waals surface area contributed by atoms with E-state index in [9.17, 15) is 10.1 Å². The standard InChI is InChI=1S/C32H26Br2N2O4/c1-2-38-30-17-24(29(34)18-31(30)40-21-23-8-10-26(33)11-9-23)16-25(19-35)32(37)36-27-12-14-28(15-13-27)39-20-22-6-4-3-5-7-22/h3-18H,2,20-21H2,1H3,(H,36,37)/b25-16+. The minimum Gasteiger partial charge on any atom is -0.490 e. The number of carbonyl (C=O) groups excluding carboxylic acids is 1. The predicted molar refractivity (Wildman–Crippen MR) is 163 cm³/mol. The predicted octanol–water partition coefficient (Wildman–Crippen LogP) is 8.31. The highest BCUT2D eigenvalue weighted by molar-refractivity contribution is 9.10. The molecule has 40 heavy (non-hydrogen) atoms. The Balaban J connectivity index is 1.44. The monoisotopic (exact) mass is 660 g/mol. The number of amides is 1. The minimum absolute atomic E-state index is 0.0592. The first-order valence-corrected chi connectivity index (χ1v) is 14.1. The van der Waals surface area contributed by atoms with E-state index in [-0.39, 0.29) is 5.57 Å². The van der Waals surface area contributed by atoms with Crippen molar-refractivity contribution in [3.8, 4) is 23.3 Å². The summed E-state index contributed by atoms with van der Waals surface area (Å²) in [5.41, 5.74) is 3.16. The van der Waals surface area contributed by atoms with Crippen LogP contribution in [-0.4, -0.2) is 12.5 Å². The van der Waals surface area contributed by atoms with Crippen LogP contribution in [0.2, 0.25) is 0 Å². The molecule has 0 radical (unpaired) electrons. The lowest BCUT2D eigenvalue weighted by Crippen LogP contribution is -2.13. The molecule has 1 N–H and O–H groups in total. The highest BCUT2D eigenvalue weighted by Crippen LogP contribution is 2.35. The van der Waals surface area contributed by atoms with Crippen LogP contribution in [0.1, 0.15) is 23.6 Å². The number of nitrogens with one attached hydrogen (secondary N) is 1. The fraction of sp³-hybridized carbons (Fsp3) is 0.125. The Hall–Kier alpha value is -4.06. The van der Waals surface area contributed by atoms with Gasteiger partial charge >= 0.3 is 0 Å². The number of nitriles is 1. The first-order valence-electron chi connectivity index (χ1n) is 12.5. The molecule has 202 valence electrons. The smallest absolute Gasteiger partial charge is 0.266 e. The summed E-state index contributed by atoms with van der Waals surface area (Å²) in [5.74, 6) is 1.21. The quantitative estimate of drug-likeness (QED) is 0.129. The van der Waals surface area contributed by atoms with Gasteiger partial charge in [0, 0.05) is 14.6 Å². The van der Waals surface area contributed by atoms with E-state index in [2.05, 4.69) is 37.2 Å². The summed E-state index contributed by atoms with van der Waals surface area (Å²) in [4.78, 5) is 12.9. The average molecular weight is 662 g/mol. The van der Waals surface area contributed by atoms with Gasteiger partial charge in [-0.2, -0.15) is 5.26 Å². The van der Waals surface area contributed by atoms with Crippen LogP contribution in [0.5, 0.6) is 17.2 Å². The number of carbonyl (C=O) groups is 1. The van der Waals surface area contributed by atoms with Crippen LogP contribution in [0, 0.1) is 11.3 Å². The first kappa shape index (κ1) is 28.9. The molecule has 6 nitrogen and oxygen atoms in total. The molecule has 8 heteroatoms. The lowest BCUT2D eigenvalue weighted by Gasteiger charge is -2.14. The van der Waals surface area contributed by atoms with Crippen LogP contribution in [0.25, 0.3) is 6.08 Å². The summed E-state index contributed by atoms with van der Waals surface area (Å²) in [5, 5.41) is 12.5. The van der Waals surface area contributed by atoms with Crippen LogP contribution in [0.4, 0.5) is 5.69 Å². The van der Waals surface area contributed by atoms with Crippen molar-refractivity contribution in [3.63, 3.8) is 0 Å². The number of rotatable bonds is 11. The minimum atomic E-state index is -0.527. The Morgan fingerprint density at radius 3 is 2.17 bits per heavy atom. The third kappa shape index (κ3) is 8.22. The van der Waals surface area contributed by atoms with Gasteiger partial charge in [-0.3, -0.25) is 4.79 Å². The topological polar surface area (TPSA) is 80.6 Å². The fourth-order valence-electron chi connectivity index (χ4n) is 3.66. The zero-order valence-corrected chi connectivity index (χ0v) is 24.9. The van der Waals surface area contributed by atoms with Gasteiger partial charge in [-0.25, -0.2) is 0 Å². The normalized spacial score (nSPS) is 10.9. The van der Waals surface area contributed by atoms with Gasteiger partial charge in [-0.1, -0.05) is 74.3 Å². The van der Waals surface area contributed by atoms with Gasteiger partial charge in [0.2, 0.25) is 0 Å². The van der Waals surface area contributed by atoms with Crippen LogP contribution in [0.3, 0.4) is 0 Å². The van der Waals surface area contributed by atoms with Gasteiger partial charge in [0.05, 0.1) is 6.61 Å². The van der Waals surface area contributed by atoms with Crippen molar-refractivity contribution >= 4 is 49.5 Å². The number of anilines is 1. The Morgan fingerprint density at radius 2 is 1.50 bits per heavy atom. The zero-order chi connectivity index (χ0) is 28.3. The zero-order valence-electron chi connectivity index (χ0n) is 21.7. The largest absolute Gasteiger partial charge is 0.490 e. The lowest BCUT2D eigenvalue weighted by molar-refractivity contribution is -0.112. The van der Waals surface area contributed by atoms with E-state index in [0.717, 1.165) is 15.6 Å². The molecule has 4 rings (SSSR count). The highest BCUT2D eigenvalue weighted by Gasteiger charge is 2.15. The van der Waals surface area contributed by atoms with Crippen LogP contribution >= 0.6 is 31.9 Å². The van der Waals surface area contributed by atoms with E-state index in [4.69, 9.17) is 14.2 Å². The van der Waals surface area contributed by atoms with E-state index < -0.39 is 5.91 Å². The average Bonchev–Trinajstić information content (AvgIpc) is 2.97. The molecule has 0 aliphatic heterocycles. The molecule has 0 spiro atoms. The Bertz CT molecular complexity index is 1510. The van der Waals surface area contributed by atoms with Crippen molar-refractivity contribution in [1.82, 2.24) is 0 Å². The van der Waals surface area contributed by atoms with E-state index in [1.165, 1.54) is 6.08 Å². The van der Waals surface area contributed by atoms with Gasteiger partial charge < -0.3 is 19.5 Å². The molecule has 0 aliphatic carbocycles. The molecule has 0 bridgehead atoms. The summed E-state index contributed by atoms with van der Waals surface area (Å²) in [6.07, 6.45) is 1.51. The molecule has 0 aromatic heterocycles. The van der Waals surface area contributed by atoms with Crippen molar-refractivity contribution in [2.75, 3.05) is 11.9 Å². The molecule has 0 aliphatic rings. The second-order valence-corrected chi connectivity index (χ2v) is 10.4. The summed E-state index contributed by atoms with van der Waals surface area (Å²) >= 11 is 6.97. The third-order valence-corrected chi connectivity index (χ3v) is 6.91. The molecule has 0 saturated carbocycles. The lowest BCUT2D eigenvalue weighted by atomic mass is 10.1. The van der Waals surface area contributed by atoms with Gasteiger partial charge in [0.25, 0.3) is 5.91 Å². The van der Waals surface area contributed by atoms with Gasteiger partial charge in [-0.15, -0.1) is 0 Å². The summed E-state index contributed by atoms with van der Waals surface area (Å²) in [6, 6.07) is 30.2. The molecule has 0 unspecified atom stereocenters. The number of halogens is 2. The molecule has 1 amide bonds. The molecule has 4 aromatic rings. The van der Waals surface area contributed by atoms with Crippen molar-refractivity contribution in [3.05, 3.63) is 122 Å². The molecular weight excluding hydrogens is 636 g/mol. The Morgan fingerprint density at radius 1 is 0.850 bits per heavy atom. The van der Waals surface area contributed by atoms with Crippen LogP contribution in [-0.2, 0) is 18.0 Å². The van der Waals surface area contributed by atoms with Crippen LogP contribution < -0.4 is 19.5 Å². The Labute approximate surface area is 250 Å². The number of hydrogen-bond acceptors (Lipinski definition) is 5. The maximum absolute atomic E-state index is 12.9. The first-order chi connectivity index (χ1) is 19.4. The van der Waals surface area contributed by atoms with Crippen LogP contribution in [0.15, 0.2) is 106 Å². The van der Waals surface area contributed by atoms with Crippen molar-refractivity contribution in [2.45, 2.75) is 20.1 Å².